The van der Waals surface area contributed by atoms with Gasteiger partial charge in [-0.2, -0.15) is 0 Å². The van der Waals surface area contributed by atoms with Crippen LogP contribution in [0.15, 0.2) is 30.7 Å². The third-order valence-corrected chi connectivity index (χ3v) is 3.23. The second-order valence-electron chi connectivity index (χ2n) is 4.71. The summed E-state index contributed by atoms with van der Waals surface area (Å²) in [4.78, 5) is 13.6. The molecule has 1 aliphatic rings. The summed E-state index contributed by atoms with van der Waals surface area (Å²) in [6, 6.07) is 5.76. The van der Waals surface area contributed by atoms with Crippen LogP contribution in [0.4, 0.5) is 17.5 Å². The van der Waals surface area contributed by atoms with Crippen molar-refractivity contribution in [3.8, 4) is 0 Å². The zero-order valence-corrected chi connectivity index (χ0v) is 10.6. The van der Waals surface area contributed by atoms with Gasteiger partial charge in [0, 0.05) is 25.4 Å². The number of hydrogen-bond acceptors (Lipinski definition) is 5. The molecule has 0 spiro atoms. The molecule has 1 saturated heterocycles. The Morgan fingerprint density at radius 2 is 2.37 bits per heavy atom. The average Bonchev–Trinajstić information content (AvgIpc) is 2.92. The second kappa shape index (κ2) is 5.27. The molecule has 1 aliphatic heterocycles. The molecule has 3 N–H and O–H groups in total. The summed E-state index contributed by atoms with van der Waals surface area (Å²) in [6.07, 6.45) is 5.00. The summed E-state index contributed by atoms with van der Waals surface area (Å²) in [6.45, 7) is 1.56. The van der Waals surface area contributed by atoms with Gasteiger partial charge in [-0.3, -0.25) is 0 Å². The van der Waals surface area contributed by atoms with E-state index in [1.165, 1.54) is 0 Å². The number of piperidine rings is 1. The third kappa shape index (κ3) is 2.85. The lowest BCUT2D eigenvalue weighted by molar-refractivity contribution is 0.154. The van der Waals surface area contributed by atoms with Crippen LogP contribution in [0.1, 0.15) is 12.8 Å². The largest absolute Gasteiger partial charge is 0.391 e. The molecule has 0 saturated carbocycles. The highest BCUT2D eigenvalue weighted by atomic mass is 16.3. The lowest BCUT2D eigenvalue weighted by Gasteiger charge is -2.31. The van der Waals surface area contributed by atoms with Crippen LogP contribution >= 0.6 is 0 Å². The molecule has 0 aromatic carbocycles. The van der Waals surface area contributed by atoms with Crippen LogP contribution in [0, 0.1) is 0 Å². The van der Waals surface area contributed by atoms with Crippen molar-refractivity contribution >= 4 is 17.5 Å². The molecule has 1 fully saturated rings. The predicted octanol–water partition coefficient (Wildman–Crippen LogP) is 1.51. The van der Waals surface area contributed by atoms with E-state index in [9.17, 15) is 5.11 Å². The average molecular weight is 259 g/mol. The van der Waals surface area contributed by atoms with E-state index in [4.69, 9.17) is 0 Å². The molecular weight excluding hydrogens is 242 g/mol. The van der Waals surface area contributed by atoms with E-state index in [1.807, 2.05) is 24.4 Å². The molecule has 0 radical (unpaired) electrons. The number of aromatic amines is 1. The molecule has 2 aromatic heterocycles. The number of nitrogens with one attached hydrogen (secondary N) is 2. The van der Waals surface area contributed by atoms with E-state index < -0.39 is 0 Å². The van der Waals surface area contributed by atoms with Gasteiger partial charge in [-0.15, -0.1) is 0 Å². The number of hydrogen-bond donors (Lipinski definition) is 3. The summed E-state index contributed by atoms with van der Waals surface area (Å²) < 4.78 is 0. The SMILES string of the molecule is OC1CCCN(c2cc(Nc3ccc[nH]3)ncn2)C1. The van der Waals surface area contributed by atoms with Crippen LogP contribution in [-0.2, 0) is 0 Å². The van der Waals surface area contributed by atoms with Crippen LogP contribution in [0.5, 0.6) is 0 Å². The normalized spacial score (nSPS) is 19.4. The van der Waals surface area contributed by atoms with Gasteiger partial charge in [0.15, 0.2) is 0 Å². The van der Waals surface area contributed by atoms with Crippen molar-refractivity contribution in [3.05, 3.63) is 30.7 Å². The van der Waals surface area contributed by atoms with Gasteiger partial charge in [-0.25, -0.2) is 9.97 Å². The van der Waals surface area contributed by atoms with Gasteiger partial charge in [0.1, 0.15) is 23.8 Å². The van der Waals surface area contributed by atoms with Crippen LogP contribution in [0.3, 0.4) is 0 Å². The van der Waals surface area contributed by atoms with Crippen molar-refractivity contribution < 1.29 is 5.11 Å². The Kier molecular flexibility index (Phi) is 3.33. The molecule has 0 aliphatic carbocycles. The summed E-state index contributed by atoms with van der Waals surface area (Å²) in [5.74, 6) is 2.48. The summed E-state index contributed by atoms with van der Waals surface area (Å²) >= 11 is 0. The fraction of sp³-hybridized carbons (Fsp3) is 0.385. The van der Waals surface area contributed by atoms with E-state index in [1.54, 1.807) is 6.33 Å². The van der Waals surface area contributed by atoms with E-state index in [-0.39, 0.29) is 6.10 Å². The number of aromatic nitrogens is 3. The van der Waals surface area contributed by atoms with Gasteiger partial charge in [0.05, 0.1) is 6.10 Å². The summed E-state index contributed by atoms with van der Waals surface area (Å²) in [5.41, 5.74) is 0. The smallest absolute Gasteiger partial charge is 0.136 e. The van der Waals surface area contributed by atoms with Crippen molar-refractivity contribution in [1.29, 1.82) is 0 Å². The monoisotopic (exact) mass is 259 g/mol. The highest BCUT2D eigenvalue weighted by molar-refractivity contribution is 5.56. The molecule has 6 heteroatoms. The van der Waals surface area contributed by atoms with Gasteiger partial charge in [-0.1, -0.05) is 0 Å². The Labute approximate surface area is 111 Å². The lowest BCUT2D eigenvalue weighted by atomic mass is 10.1. The van der Waals surface area contributed by atoms with Gasteiger partial charge < -0.3 is 20.3 Å². The zero-order valence-electron chi connectivity index (χ0n) is 10.6. The number of β-amino-alcohol motifs (C(OH)–C–C–N with tert-alkyl or cyclic N) is 1. The Balaban J connectivity index is 1.75. The first-order valence-corrected chi connectivity index (χ1v) is 6.47. The quantitative estimate of drug-likeness (QED) is 0.779. The van der Waals surface area contributed by atoms with Crippen molar-refractivity contribution in [2.45, 2.75) is 18.9 Å². The maximum Gasteiger partial charge on any atom is 0.136 e. The molecule has 19 heavy (non-hydrogen) atoms. The molecule has 100 valence electrons. The minimum atomic E-state index is -0.261. The minimum absolute atomic E-state index is 0.261. The van der Waals surface area contributed by atoms with Gasteiger partial charge in [-0.05, 0) is 25.0 Å². The van der Waals surface area contributed by atoms with E-state index in [0.717, 1.165) is 36.8 Å². The highest BCUT2D eigenvalue weighted by Crippen LogP contribution is 2.20. The Morgan fingerprint density at radius 1 is 1.42 bits per heavy atom. The summed E-state index contributed by atoms with van der Waals surface area (Å²) in [5, 5.41) is 12.9. The fourth-order valence-corrected chi connectivity index (χ4v) is 2.30. The molecule has 1 atom stereocenters. The molecule has 0 bridgehead atoms. The molecule has 3 rings (SSSR count). The van der Waals surface area contributed by atoms with Crippen LogP contribution in [0.2, 0.25) is 0 Å². The van der Waals surface area contributed by atoms with Gasteiger partial charge >= 0.3 is 0 Å². The molecule has 3 heterocycles. The van der Waals surface area contributed by atoms with E-state index in [0.29, 0.717) is 6.54 Å². The van der Waals surface area contributed by atoms with Crippen molar-refractivity contribution in [1.82, 2.24) is 15.0 Å². The van der Waals surface area contributed by atoms with Gasteiger partial charge in [0.25, 0.3) is 0 Å². The van der Waals surface area contributed by atoms with Crippen LogP contribution in [0.25, 0.3) is 0 Å². The first-order valence-electron chi connectivity index (χ1n) is 6.47. The number of H-pyrrole nitrogens is 1. The predicted molar refractivity (Wildman–Crippen MR) is 73.6 cm³/mol. The Morgan fingerprint density at radius 3 is 3.16 bits per heavy atom. The highest BCUT2D eigenvalue weighted by Gasteiger charge is 2.19. The molecule has 2 aromatic rings. The van der Waals surface area contributed by atoms with Gasteiger partial charge in [0.2, 0.25) is 0 Å². The first-order chi connectivity index (χ1) is 9.31. The molecule has 1 unspecified atom stereocenters. The summed E-state index contributed by atoms with van der Waals surface area (Å²) in [7, 11) is 0. The third-order valence-electron chi connectivity index (χ3n) is 3.23. The van der Waals surface area contributed by atoms with Crippen LogP contribution in [-0.4, -0.2) is 39.3 Å². The zero-order chi connectivity index (χ0) is 13.1. The first kappa shape index (κ1) is 12.0. The standard InChI is InChI=1S/C13H17N5O/c19-10-3-2-6-18(8-10)13-7-12(15-9-16-13)17-11-4-1-5-14-11/h1,4-5,7,9-10,14,19H,2-3,6,8H2,(H,15,16,17). The number of aliphatic hydroxyl groups is 1. The topological polar surface area (TPSA) is 77.1 Å². The number of aliphatic hydroxyl groups excluding tert-OH is 1. The number of rotatable bonds is 3. The van der Waals surface area contributed by atoms with E-state index in [2.05, 4.69) is 25.2 Å². The fourth-order valence-electron chi connectivity index (χ4n) is 2.30. The van der Waals surface area contributed by atoms with E-state index >= 15 is 0 Å². The molecule has 6 nitrogen and oxygen atoms in total. The Bertz CT molecular complexity index is 528. The number of anilines is 3. The van der Waals surface area contributed by atoms with Crippen molar-refractivity contribution in [3.63, 3.8) is 0 Å². The Hall–Kier alpha value is -2.08. The number of nitrogens with zero attached hydrogens (tertiary/aromatic N) is 3. The maximum atomic E-state index is 9.71. The second-order valence-corrected chi connectivity index (χ2v) is 4.71. The lowest BCUT2D eigenvalue weighted by Crippen LogP contribution is -2.38. The minimum Gasteiger partial charge on any atom is -0.391 e. The maximum absolute atomic E-state index is 9.71. The molecular formula is C13H17N5O. The van der Waals surface area contributed by atoms with Crippen LogP contribution < -0.4 is 10.2 Å². The van der Waals surface area contributed by atoms with Crippen molar-refractivity contribution in [2.75, 3.05) is 23.3 Å². The van der Waals surface area contributed by atoms with Crippen molar-refractivity contribution in [2.24, 2.45) is 0 Å². The molecule has 0 amide bonds.